The van der Waals surface area contributed by atoms with E-state index in [1.807, 2.05) is 4.90 Å². The highest BCUT2D eigenvalue weighted by atomic mass is 79.9. The summed E-state index contributed by atoms with van der Waals surface area (Å²) >= 11 is 5.25. The lowest BCUT2D eigenvalue weighted by molar-refractivity contribution is -0.130. The molecule has 1 aliphatic rings. The Hall–Kier alpha value is -0.390. The van der Waals surface area contributed by atoms with Gasteiger partial charge in [-0.3, -0.25) is 9.69 Å². The summed E-state index contributed by atoms with van der Waals surface area (Å²) in [6.07, 6.45) is 0. The van der Waals surface area contributed by atoms with Gasteiger partial charge in [0.1, 0.15) is 0 Å². The first-order valence-electron chi connectivity index (χ1n) is 5.36. The lowest BCUT2D eigenvalue weighted by Gasteiger charge is -2.33. The van der Waals surface area contributed by atoms with Crippen LogP contribution in [0, 0.1) is 0 Å². The molecule has 0 saturated carbocycles. The van der Waals surface area contributed by atoms with Gasteiger partial charge in [-0.05, 0) is 22.0 Å². The zero-order valence-electron chi connectivity index (χ0n) is 9.28. The van der Waals surface area contributed by atoms with Gasteiger partial charge < -0.3 is 4.90 Å². The van der Waals surface area contributed by atoms with Crippen LogP contribution in [-0.4, -0.2) is 41.9 Å². The van der Waals surface area contributed by atoms with Crippen LogP contribution < -0.4 is 0 Å². The Kier molecular flexibility index (Phi) is 4.00. The first-order chi connectivity index (χ1) is 7.65. The first-order valence-corrected chi connectivity index (χ1v) is 7.03. The third kappa shape index (κ3) is 3.06. The van der Waals surface area contributed by atoms with Gasteiger partial charge in [-0.2, -0.15) is 0 Å². The predicted octanol–water partition coefficient (Wildman–Crippen LogP) is 2.17. The third-order valence-electron chi connectivity index (χ3n) is 2.82. The Morgan fingerprint density at radius 2 is 2.12 bits per heavy atom. The molecule has 1 amide bonds. The molecule has 1 aromatic rings. The molecule has 0 aromatic carbocycles. The van der Waals surface area contributed by atoms with Crippen molar-refractivity contribution in [1.29, 1.82) is 0 Å². The number of halogens is 1. The first kappa shape index (κ1) is 12.1. The zero-order valence-corrected chi connectivity index (χ0v) is 11.7. The van der Waals surface area contributed by atoms with E-state index >= 15 is 0 Å². The highest BCUT2D eigenvalue weighted by Gasteiger charge is 2.18. The van der Waals surface area contributed by atoms with E-state index in [0.29, 0.717) is 0 Å². The van der Waals surface area contributed by atoms with Gasteiger partial charge >= 0.3 is 0 Å². The minimum Gasteiger partial charge on any atom is -0.340 e. The summed E-state index contributed by atoms with van der Waals surface area (Å²) in [5.74, 6) is 0.193. The number of carbonyl (C=O) groups is 1. The quantitative estimate of drug-likeness (QED) is 0.836. The number of piperazine rings is 1. The van der Waals surface area contributed by atoms with E-state index in [4.69, 9.17) is 0 Å². The molecule has 1 aliphatic heterocycles. The van der Waals surface area contributed by atoms with Gasteiger partial charge in [0, 0.05) is 54.4 Å². The van der Waals surface area contributed by atoms with E-state index in [0.717, 1.165) is 37.2 Å². The van der Waals surface area contributed by atoms with E-state index in [-0.39, 0.29) is 5.91 Å². The molecule has 2 rings (SSSR count). The number of carbonyl (C=O) groups excluding carboxylic acids is 1. The number of amides is 1. The zero-order chi connectivity index (χ0) is 11.5. The van der Waals surface area contributed by atoms with Gasteiger partial charge in [0.2, 0.25) is 5.91 Å². The Labute approximate surface area is 108 Å². The average molecular weight is 303 g/mol. The molecule has 88 valence electrons. The summed E-state index contributed by atoms with van der Waals surface area (Å²) in [5.41, 5.74) is 0. The van der Waals surface area contributed by atoms with Crippen molar-refractivity contribution < 1.29 is 4.79 Å². The number of rotatable bonds is 2. The summed E-state index contributed by atoms with van der Waals surface area (Å²) in [7, 11) is 0. The molecule has 16 heavy (non-hydrogen) atoms. The van der Waals surface area contributed by atoms with Crippen LogP contribution >= 0.6 is 27.3 Å². The second kappa shape index (κ2) is 5.29. The highest BCUT2D eigenvalue weighted by Crippen LogP contribution is 2.21. The summed E-state index contributed by atoms with van der Waals surface area (Å²) in [5, 5.41) is 2.11. The fraction of sp³-hybridized carbons (Fsp3) is 0.545. The Morgan fingerprint density at radius 1 is 1.44 bits per heavy atom. The maximum absolute atomic E-state index is 11.2. The standard InChI is InChI=1S/C11H15BrN2OS/c1-9(15)14-4-2-13(3-5-14)7-11-6-10(12)8-16-11/h6,8H,2-5,7H2,1H3. The minimum absolute atomic E-state index is 0.193. The van der Waals surface area contributed by atoms with E-state index in [2.05, 4.69) is 32.3 Å². The van der Waals surface area contributed by atoms with E-state index < -0.39 is 0 Å². The topological polar surface area (TPSA) is 23.6 Å². The lowest BCUT2D eigenvalue weighted by Crippen LogP contribution is -2.47. The normalized spacial score (nSPS) is 17.8. The predicted molar refractivity (Wildman–Crippen MR) is 69.6 cm³/mol. The number of hydrogen-bond donors (Lipinski definition) is 0. The monoisotopic (exact) mass is 302 g/mol. The molecule has 1 fully saturated rings. The van der Waals surface area contributed by atoms with Crippen LogP contribution in [0.25, 0.3) is 0 Å². The van der Waals surface area contributed by atoms with Crippen molar-refractivity contribution in [3.05, 3.63) is 20.8 Å². The summed E-state index contributed by atoms with van der Waals surface area (Å²) in [6, 6.07) is 2.17. The van der Waals surface area contributed by atoms with E-state index in [9.17, 15) is 4.79 Å². The van der Waals surface area contributed by atoms with Crippen molar-refractivity contribution in [1.82, 2.24) is 9.80 Å². The lowest BCUT2D eigenvalue weighted by atomic mass is 10.3. The van der Waals surface area contributed by atoms with Gasteiger partial charge in [0.15, 0.2) is 0 Å². The van der Waals surface area contributed by atoms with Crippen molar-refractivity contribution in [3.63, 3.8) is 0 Å². The fourth-order valence-corrected chi connectivity index (χ4v) is 3.37. The van der Waals surface area contributed by atoms with Crippen LogP contribution in [0.4, 0.5) is 0 Å². The summed E-state index contributed by atoms with van der Waals surface area (Å²) in [4.78, 5) is 16.9. The van der Waals surface area contributed by atoms with Crippen LogP contribution in [0.5, 0.6) is 0 Å². The maximum atomic E-state index is 11.2. The van der Waals surface area contributed by atoms with Gasteiger partial charge in [0.05, 0.1) is 0 Å². The van der Waals surface area contributed by atoms with Crippen LogP contribution in [0.3, 0.4) is 0 Å². The summed E-state index contributed by atoms with van der Waals surface area (Å²) in [6.45, 7) is 6.34. The van der Waals surface area contributed by atoms with Crippen molar-refractivity contribution >= 4 is 33.2 Å². The number of hydrogen-bond acceptors (Lipinski definition) is 3. The van der Waals surface area contributed by atoms with Crippen molar-refractivity contribution in [2.24, 2.45) is 0 Å². The van der Waals surface area contributed by atoms with Gasteiger partial charge in [-0.15, -0.1) is 11.3 Å². The van der Waals surface area contributed by atoms with Crippen LogP contribution in [0.1, 0.15) is 11.8 Å². The number of thiophene rings is 1. The van der Waals surface area contributed by atoms with Gasteiger partial charge in [-0.1, -0.05) is 0 Å². The molecule has 0 aliphatic carbocycles. The smallest absolute Gasteiger partial charge is 0.219 e. The molecule has 0 bridgehead atoms. The van der Waals surface area contributed by atoms with E-state index in [1.54, 1.807) is 18.3 Å². The van der Waals surface area contributed by atoms with E-state index in [1.165, 1.54) is 4.88 Å². The molecule has 1 saturated heterocycles. The van der Waals surface area contributed by atoms with Gasteiger partial charge in [0.25, 0.3) is 0 Å². The third-order valence-corrected chi connectivity index (χ3v) is 4.50. The molecule has 5 heteroatoms. The highest BCUT2D eigenvalue weighted by molar-refractivity contribution is 9.10. The molecule has 0 spiro atoms. The molecule has 0 N–H and O–H groups in total. The molecular formula is C11H15BrN2OS. The van der Waals surface area contributed by atoms with Crippen LogP contribution in [0.2, 0.25) is 0 Å². The van der Waals surface area contributed by atoms with Crippen LogP contribution in [0.15, 0.2) is 15.9 Å². The SMILES string of the molecule is CC(=O)N1CCN(Cc2cc(Br)cs2)CC1. The second-order valence-corrected chi connectivity index (χ2v) is 5.92. The average Bonchev–Trinajstić information content (AvgIpc) is 2.65. The van der Waals surface area contributed by atoms with Crippen LogP contribution in [-0.2, 0) is 11.3 Å². The molecule has 1 aromatic heterocycles. The second-order valence-electron chi connectivity index (χ2n) is 4.01. The molecular weight excluding hydrogens is 288 g/mol. The molecule has 0 unspecified atom stereocenters. The Morgan fingerprint density at radius 3 is 2.62 bits per heavy atom. The fourth-order valence-electron chi connectivity index (χ4n) is 1.88. The number of nitrogens with zero attached hydrogens (tertiary/aromatic N) is 2. The Bertz CT molecular complexity index is 372. The maximum Gasteiger partial charge on any atom is 0.219 e. The minimum atomic E-state index is 0.193. The van der Waals surface area contributed by atoms with Gasteiger partial charge in [-0.25, -0.2) is 0 Å². The van der Waals surface area contributed by atoms with Crippen molar-refractivity contribution in [3.8, 4) is 0 Å². The van der Waals surface area contributed by atoms with Crippen molar-refractivity contribution in [2.75, 3.05) is 26.2 Å². The largest absolute Gasteiger partial charge is 0.340 e. The van der Waals surface area contributed by atoms with Crippen molar-refractivity contribution in [2.45, 2.75) is 13.5 Å². The molecule has 3 nitrogen and oxygen atoms in total. The molecule has 0 radical (unpaired) electrons. The molecule has 2 heterocycles. The Balaban J connectivity index is 1.83. The molecule has 0 atom stereocenters. The summed E-state index contributed by atoms with van der Waals surface area (Å²) < 4.78 is 1.16.